The van der Waals surface area contributed by atoms with Gasteiger partial charge < -0.3 is 15.0 Å². The molecule has 1 aliphatic heterocycles. The number of methoxy groups -OCH3 is 1. The highest BCUT2D eigenvalue weighted by atomic mass is 35.5. The molecule has 0 bridgehead atoms. The van der Waals surface area contributed by atoms with Crippen molar-refractivity contribution in [2.45, 2.75) is 26.3 Å². The molecule has 24 heavy (non-hydrogen) atoms. The zero-order valence-electron chi connectivity index (χ0n) is 14.1. The minimum absolute atomic E-state index is 0.124. The van der Waals surface area contributed by atoms with E-state index < -0.39 is 9.84 Å². The molecular weight excluding hydrogens is 368 g/mol. The number of anilines is 1. The Hall–Kier alpha value is -0.890. The number of sulfone groups is 1. The Kier molecular flexibility index (Phi) is 6.47. The average molecular weight is 391 g/mol. The van der Waals surface area contributed by atoms with Gasteiger partial charge >= 0.3 is 0 Å². The summed E-state index contributed by atoms with van der Waals surface area (Å²) in [7, 11) is -1.38. The average Bonchev–Trinajstić information content (AvgIpc) is 2.83. The lowest BCUT2D eigenvalue weighted by Crippen LogP contribution is -2.45. The highest BCUT2D eigenvalue weighted by molar-refractivity contribution is 7.91. The lowest BCUT2D eigenvalue weighted by molar-refractivity contribution is 0.166. The zero-order chi connectivity index (χ0) is 17.9. The number of halogens is 1. The lowest BCUT2D eigenvalue weighted by atomic mass is 10.1. The molecule has 1 heterocycles. The number of aryl methyl sites for hydroxylation is 2. The van der Waals surface area contributed by atoms with Crippen molar-refractivity contribution in [2.75, 3.05) is 37.1 Å². The third kappa shape index (κ3) is 4.81. The maximum absolute atomic E-state index is 11.8. The van der Waals surface area contributed by atoms with Crippen LogP contribution in [0.1, 0.15) is 17.5 Å². The number of rotatable bonds is 5. The molecule has 0 spiro atoms. The van der Waals surface area contributed by atoms with Crippen molar-refractivity contribution in [3.63, 3.8) is 0 Å². The predicted octanol–water partition coefficient (Wildman–Crippen LogP) is 2.79. The van der Waals surface area contributed by atoms with E-state index in [0.29, 0.717) is 29.7 Å². The van der Waals surface area contributed by atoms with Crippen LogP contribution in [-0.2, 0) is 14.6 Å². The zero-order valence-corrected chi connectivity index (χ0v) is 16.5. The van der Waals surface area contributed by atoms with E-state index in [1.807, 2.05) is 30.9 Å². The van der Waals surface area contributed by atoms with Crippen molar-refractivity contribution in [2.24, 2.45) is 0 Å². The molecule has 2 rings (SSSR count). The van der Waals surface area contributed by atoms with Crippen LogP contribution in [0.25, 0.3) is 0 Å². The number of thiocarbonyl (C=S) groups is 1. The maximum Gasteiger partial charge on any atom is 0.173 e. The van der Waals surface area contributed by atoms with Gasteiger partial charge in [-0.3, -0.25) is 0 Å². The van der Waals surface area contributed by atoms with Gasteiger partial charge in [0.2, 0.25) is 0 Å². The van der Waals surface area contributed by atoms with Crippen molar-refractivity contribution in [3.8, 4) is 0 Å². The molecule has 1 saturated heterocycles. The molecule has 0 radical (unpaired) electrons. The summed E-state index contributed by atoms with van der Waals surface area (Å²) >= 11 is 11.9. The van der Waals surface area contributed by atoms with Gasteiger partial charge in [0.1, 0.15) is 0 Å². The molecule has 0 amide bonds. The summed E-state index contributed by atoms with van der Waals surface area (Å²) in [5, 5.41) is 4.27. The topological polar surface area (TPSA) is 58.6 Å². The van der Waals surface area contributed by atoms with E-state index in [2.05, 4.69) is 5.32 Å². The second-order valence-electron chi connectivity index (χ2n) is 6.11. The number of nitrogens with zero attached hydrogens (tertiary/aromatic N) is 1. The van der Waals surface area contributed by atoms with Gasteiger partial charge in [0.15, 0.2) is 14.9 Å². The molecule has 8 heteroatoms. The Morgan fingerprint density at radius 1 is 1.46 bits per heavy atom. The molecule has 0 aromatic heterocycles. The smallest absolute Gasteiger partial charge is 0.173 e. The summed E-state index contributed by atoms with van der Waals surface area (Å²) in [6.45, 7) is 4.95. The normalized spacial score (nSPS) is 19.2. The fourth-order valence-electron chi connectivity index (χ4n) is 2.91. The molecule has 1 N–H and O–H groups in total. The van der Waals surface area contributed by atoms with E-state index in [4.69, 9.17) is 28.6 Å². The van der Waals surface area contributed by atoms with E-state index in [-0.39, 0.29) is 17.5 Å². The SMILES string of the molecule is COCCN(C(=S)Nc1c(C)cc(C)cc1Cl)[C@H]1CCS(=O)(=O)C1. The van der Waals surface area contributed by atoms with Crippen molar-refractivity contribution in [1.29, 1.82) is 0 Å². The lowest BCUT2D eigenvalue weighted by Gasteiger charge is -2.31. The number of nitrogens with one attached hydrogen (secondary N) is 1. The van der Waals surface area contributed by atoms with Gasteiger partial charge in [-0.15, -0.1) is 0 Å². The largest absolute Gasteiger partial charge is 0.383 e. The molecule has 5 nitrogen and oxygen atoms in total. The van der Waals surface area contributed by atoms with Crippen LogP contribution in [0.3, 0.4) is 0 Å². The van der Waals surface area contributed by atoms with Crippen LogP contribution in [0.4, 0.5) is 5.69 Å². The summed E-state index contributed by atoms with van der Waals surface area (Å²) in [5.41, 5.74) is 2.83. The minimum atomic E-state index is -2.99. The molecule has 0 unspecified atom stereocenters. The van der Waals surface area contributed by atoms with E-state index in [9.17, 15) is 8.42 Å². The van der Waals surface area contributed by atoms with E-state index in [1.54, 1.807) is 7.11 Å². The molecule has 1 fully saturated rings. The van der Waals surface area contributed by atoms with Crippen LogP contribution in [-0.4, -0.2) is 56.2 Å². The number of hydrogen-bond acceptors (Lipinski definition) is 4. The summed E-state index contributed by atoms with van der Waals surface area (Å²) in [4.78, 5) is 1.90. The Morgan fingerprint density at radius 2 is 2.17 bits per heavy atom. The summed E-state index contributed by atoms with van der Waals surface area (Å²) in [6.07, 6.45) is 0.578. The second kappa shape index (κ2) is 7.99. The maximum atomic E-state index is 11.8. The first-order valence-corrected chi connectivity index (χ1v) is 10.4. The van der Waals surface area contributed by atoms with Crippen LogP contribution < -0.4 is 5.32 Å². The molecular formula is C16H23ClN2O3S2. The van der Waals surface area contributed by atoms with Crippen LogP contribution >= 0.6 is 23.8 Å². The number of hydrogen-bond donors (Lipinski definition) is 1. The van der Waals surface area contributed by atoms with Crippen LogP contribution in [0.2, 0.25) is 5.02 Å². The molecule has 0 aliphatic carbocycles. The minimum Gasteiger partial charge on any atom is -0.383 e. The number of benzene rings is 1. The summed E-state index contributed by atoms with van der Waals surface area (Å²) < 4.78 is 28.7. The summed E-state index contributed by atoms with van der Waals surface area (Å²) in [5.74, 6) is 0.327. The number of ether oxygens (including phenoxy) is 1. The van der Waals surface area contributed by atoms with Crippen molar-refractivity contribution < 1.29 is 13.2 Å². The second-order valence-corrected chi connectivity index (χ2v) is 9.13. The highest BCUT2D eigenvalue weighted by Crippen LogP contribution is 2.28. The van der Waals surface area contributed by atoms with E-state index in [1.165, 1.54) is 0 Å². The van der Waals surface area contributed by atoms with Crippen molar-refractivity contribution in [1.82, 2.24) is 4.90 Å². The van der Waals surface area contributed by atoms with Crippen LogP contribution in [0.15, 0.2) is 12.1 Å². The molecule has 1 aliphatic rings. The third-order valence-electron chi connectivity index (χ3n) is 4.11. The Morgan fingerprint density at radius 3 is 2.71 bits per heavy atom. The van der Waals surface area contributed by atoms with Gasteiger partial charge in [0, 0.05) is 19.7 Å². The van der Waals surface area contributed by atoms with Gasteiger partial charge in [-0.25, -0.2) is 8.42 Å². The van der Waals surface area contributed by atoms with Gasteiger partial charge in [-0.2, -0.15) is 0 Å². The first-order chi connectivity index (χ1) is 11.2. The highest BCUT2D eigenvalue weighted by Gasteiger charge is 2.33. The molecule has 1 aromatic rings. The Labute approximate surface area is 154 Å². The molecule has 0 saturated carbocycles. The van der Waals surface area contributed by atoms with Gasteiger partial charge in [-0.05, 0) is 49.7 Å². The Balaban J connectivity index is 2.19. The molecule has 1 aromatic carbocycles. The van der Waals surface area contributed by atoms with Crippen LogP contribution in [0, 0.1) is 13.8 Å². The third-order valence-corrected chi connectivity index (χ3v) is 6.50. The quantitative estimate of drug-likeness (QED) is 0.780. The monoisotopic (exact) mass is 390 g/mol. The predicted molar refractivity (Wildman–Crippen MR) is 103 cm³/mol. The van der Waals surface area contributed by atoms with Gasteiger partial charge in [-0.1, -0.05) is 17.7 Å². The fraction of sp³-hybridized carbons (Fsp3) is 0.562. The first-order valence-electron chi connectivity index (χ1n) is 7.77. The first kappa shape index (κ1) is 19.4. The standard InChI is InChI=1S/C16H23ClN2O3S2/c1-11-8-12(2)15(14(17)9-11)18-16(23)19(5-6-22-3)13-4-7-24(20,21)10-13/h8-9,13H,4-7,10H2,1-3H3,(H,18,23)/t13-/m0/s1. The van der Waals surface area contributed by atoms with Gasteiger partial charge in [0.05, 0.1) is 28.8 Å². The van der Waals surface area contributed by atoms with E-state index in [0.717, 1.165) is 16.8 Å². The van der Waals surface area contributed by atoms with Crippen molar-refractivity contribution in [3.05, 3.63) is 28.3 Å². The van der Waals surface area contributed by atoms with Crippen molar-refractivity contribution >= 4 is 44.5 Å². The Bertz CT molecular complexity index is 699. The van der Waals surface area contributed by atoms with E-state index >= 15 is 0 Å². The fourth-order valence-corrected chi connectivity index (χ4v) is 5.36. The van der Waals surface area contributed by atoms with Gasteiger partial charge in [0.25, 0.3) is 0 Å². The summed E-state index contributed by atoms with van der Waals surface area (Å²) in [6, 6.07) is 3.77. The molecule has 1 atom stereocenters. The molecule has 134 valence electrons. The van der Waals surface area contributed by atoms with Crippen LogP contribution in [0.5, 0.6) is 0 Å².